The maximum absolute atomic E-state index is 11.4. The zero-order valence-corrected chi connectivity index (χ0v) is 11.8. The largest absolute Gasteiger partial charge is 0.481 e. The molecule has 2 aromatic rings. The molecule has 1 unspecified atom stereocenters. The van der Waals surface area contributed by atoms with E-state index in [9.17, 15) is 19.8 Å². The van der Waals surface area contributed by atoms with Gasteiger partial charge in [-0.15, -0.1) is 0 Å². The number of carboxylic acid groups (broad SMARTS) is 2. The quantitative estimate of drug-likeness (QED) is 0.802. The lowest BCUT2D eigenvalue weighted by Gasteiger charge is -2.18. The van der Waals surface area contributed by atoms with E-state index < -0.39 is 23.8 Å². The van der Waals surface area contributed by atoms with Gasteiger partial charge in [-0.1, -0.05) is 72.8 Å². The van der Waals surface area contributed by atoms with Gasteiger partial charge in [0.2, 0.25) is 0 Å². The molecule has 0 spiro atoms. The standard InChI is InChI=1S/C18H16O4/c19-17(20)16(18(21)22)15(14-9-5-2-6-10-14)12-11-13-7-3-1-4-8-13/h1-12,15-16H,(H,19,20)(H,21,22)/b12-11+. The van der Waals surface area contributed by atoms with E-state index in [1.807, 2.05) is 30.3 Å². The SMILES string of the molecule is O=C(O)C(C(=O)O)C(/C=C/c1ccccc1)c1ccccc1. The number of carboxylic acids is 2. The van der Waals surface area contributed by atoms with E-state index in [0.29, 0.717) is 5.56 Å². The molecule has 0 amide bonds. The summed E-state index contributed by atoms with van der Waals surface area (Å²) in [5.41, 5.74) is 1.54. The van der Waals surface area contributed by atoms with Gasteiger partial charge < -0.3 is 10.2 Å². The molecule has 2 rings (SSSR count). The van der Waals surface area contributed by atoms with Crippen LogP contribution in [0.1, 0.15) is 17.0 Å². The van der Waals surface area contributed by atoms with Crippen molar-refractivity contribution in [2.45, 2.75) is 5.92 Å². The first-order valence-electron chi connectivity index (χ1n) is 6.83. The van der Waals surface area contributed by atoms with E-state index in [0.717, 1.165) is 5.56 Å². The van der Waals surface area contributed by atoms with Gasteiger partial charge in [-0.05, 0) is 11.1 Å². The molecule has 1 atom stereocenters. The van der Waals surface area contributed by atoms with E-state index in [2.05, 4.69) is 0 Å². The first-order chi connectivity index (χ1) is 10.6. The summed E-state index contributed by atoms with van der Waals surface area (Å²) in [4.78, 5) is 22.7. The van der Waals surface area contributed by atoms with Crippen LogP contribution in [0.25, 0.3) is 6.08 Å². The van der Waals surface area contributed by atoms with Crippen molar-refractivity contribution in [1.29, 1.82) is 0 Å². The van der Waals surface area contributed by atoms with E-state index in [4.69, 9.17) is 0 Å². The minimum atomic E-state index is -1.53. The van der Waals surface area contributed by atoms with Crippen LogP contribution in [0.4, 0.5) is 0 Å². The zero-order valence-electron chi connectivity index (χ0n) is 11.8. The molecule has 0 aliphatic rings. The molecule has 0 bridgehead atoms. The molecule has 0 saturated carbocycles. The van der Waals surface area contributed by atoms with E-state index in [1.54, 1.807) is 42.5 Å². The highest BCUT2D eigenvalue weighted by Gasteiger charge is 2.34. The van der Waals surface area contributed by atoms with Crippen LogP contribution in [0.15, 0.2) is 66.7 Å². The van der Waals surface area contributed by atoms with Crippen LogP contribution in [-0.4, -0.2) is 22.2 Å². The number of hydrogen-bond donors (Lipinski definition) is 2. The van der Waals surface area contributed by atoms with Gasteiger partial charge in [0, 0.05) is 5.92 Å². The highest BCUT2D eigenvalue weighted by Crippen LogP contribution is 2.28. The van der Waals surface area contributed by atoms with Gasteiger partial charge in [0.25, 0.3) is 0 Å². The van der Waals surface area contributed by atoms with Crippen molar-refractivity contribution >= 4 is 18.0 Å². The highest BCUT2D eigenvalue weighted by molar-refractivity contribution is 5.94. The molecule has 2 aromatic carbocycles. The highest BCUT2D eigenvalue weighted by atomic mass is 16.4. The summed E-state index contributed by atoms with van der Waals surface area (Å²) in [6.07, 6.45) is 3.38. The van der Waals surface area contributed by atoms with Gasteiger partial charge in [-0.3, -0.25) is 9.59 Å². The van der Waals surface area contributed by atoms with Crippen LogP contribution in [0, 0.1) is 5.92 Å². The van der Waals surface area contributed by atoms with Crippen molar-refractivity contribution < 1.29 is 19.8 Å². The molecular weight excluding hydrogens is 280 g/mol. The molecule has 2 N–H and O–H groups in total. The monoisotopic (exact) mass is 296 g/mol. The van der Waals surface area contributed by atoms with Gasteiger partial charge in [0.1, 0.15) is 0 Å². The number of allylic oxidation sites excluding steroid dienone is 1. The summed E-state index contributed by atoms with van der Waals surface area (Å²) in [5, 5.41) is 18.5. The van der Waals surface area contributed by atoms with Crippen LogP contribution in [0.3, 0.4) is 0 Å². The fraction of sp³-hybridized carbons (Fsp3) is 0.111. The second kappa shape index (κ2) is 7.22. The Morgan fingerprint density at radius 3 is 1.82 bits per heavy atom. The topological polar surface area (TPSA) is 74.6 Å². The van der Waals surface area contributed by atoms with Gasteiger partial charge in [0.15, 0.2) is 5.92 Å². The third kappa shape index (κ3) is 3.82. The number of rotatable bonds is 6. The van der Waals surface area contributed by atoms with Crippen LogP contribution in [0.5, 0.6) is 0 Å². The van der Waals surface area contributed by atoms with E-state index in [-0.39, 0.29) is 0 Å². The van der Waals surface area contributed by atoms with Gasteiger partial charge in [0.05, 0.1) is 0 Å². The lowest BCUT2D eigenvalue weighted by Crippen LogP contribution is -2.29. The van der Waals surface area contributed by atoms with E-state index >= 15 is 0 Å². The number of aliphatic carboxylic acids is 2. The van der Waals surface area contributed by atoms with Crippen molar-refractivity contribution in [3.8, 4) is 0 Å². The zero-order chi connectivity index (χ0) is 15.9. The van der Waals surface area contributed by atoms with Crippen LogP contribution in [0.2, 0.25) is 0 Å². The molecule has 0 aliphatic heterocycles. The fourth-order valence-electron chi connectivity index (χ4n) is 2.28. The lowest BCUT2D eigenvalue weighted by molar-refractivity contribution is -0.155. The molecule has 22 heavy (non-hydrogen) atoms. The van der Waals surface area contributed by atoms with Gasteiger partial charge in [-0.25, -0.2) is 0 Å². The Bertz CT molecular complexity index is 648. The second-order valence-electron chi connectivity index (χ2n) is 4.86. The minimum Gasteiger partial charge on any atom is -0.481 e. The van der Waals surface area contributed by atoms with Crippen molar-refractivity contribution in [3.63, 3.8) is 0 Å². The van der Waals surface area contributed by atoms with Crippen molar-refractivity contribution in [1.82, 2.24) is 0 Å². The average molecular weight is 296 g/mol. The average Bonchev–Trinajstić information content (AvgIpc) is 2.52. The van der Waals surface area contributed by atoms with Crippen molar-refractivity contribution in [2.75, 3.05) is 0 Å². The Kier molecular flexibility index (Phi) is 5.09. The smallest absolute Gasteiger partial charge is 0.318 e. The summed E-state index contributed by atoms with van der Waals surface area (Å²) in [7, 11) is 0. The van der Waals surface area contributed by atoms with Crippen molar-refractivity contribution in [3.05, 3.63) is 77.9 Å². The Hall–Kier alpha value is -2.88. The van der Waals surface area contributed by atoms with E-state index in [1.165, 1.54) is 0 Å². The lowest BCUT2D eigenvalue weighted by atomic mass is 9.85. The molecule has 0 aromatic heterocycles. The molecule has 0 saturated heterocycles. The third-order valence-electron chi connectivity index (χ3n) is 3.37. The Morgan fingerprint density at radius 2 is 1.32 bits per heavy atom. The predicted octanol–water partition coefficient (Wildman–Crippen LogP) is 3.27. The third-order valence-corrected chi connectivity index (χ3v) is 3.37. The summed E-state index contributed by atoms with van der Waals surface area (Å²) >= 11 is 0. The summed E-state index contributed by atoms with van der Waals surface area (Å²) < 4.78 is 0. The summed E-state index contributed by atoms with van der Waals surface area (Å²) in [5.74, 6) is -4.96. The maximum atomic E-state index is 11.4. The molecule has 4 nitrogen and oxygen atoms in total. The molecule has 0 fully saturated rings. The summed E-state index contributed by atoms with van der Waals surface area (Å²) in [6.45, 7) is 0. The Morgan fingerprint density at radius 1 is 0.818 bits per heavy atom. The molecule has 0 radical (unpaired) electrons. The first-order valence-corrected chi connectivity index (χ1v) is 6.83. The van der Waals surface area contributed by atoms with Crippen LogP contribution in [-0.2, 0) is 9.59 Å². The van der Waals surface area contributed by atoms with Gasteiger partial charge in [-0.2, -0.15) is 0 Å². The second-order valence-corrected chi connectivity index (χ2v) is 4.86. The Balaban J connectivity index is 2.40. The number of carbonyl (C=O) groups is 2. The predicted molar refractivity (Wildman–Crippen MR) is 83.4 cm³/mol. The van der Waals surface area contributed by atoms with Crippen LogP contribution >= 0.6 is 0 Å². The minimum absolute atomic E-state index is 0.657. The first kappa shape index (κ1) is 15.5. The maximum Gasteiger partial charge on any atom is 0.318 e. The summed E-state index contributed by atoms with van der Waals surface area (Å²) in [6, 6.07) is 18.1. The molecule has 112 valence electrons. The molecule has 4 heteroatoms. The molecular formula is C18H16O4. The number of benzene rings is 2. The fourth-order valence-corrected chi connectivity index (χ4v) is 2.28. The number of hydrogen-bond acceptors (Lipinski definition) is 2. The molecule has 0 heterocycles. The van der Waals surface area contributed by atoms with Gasteiger partial charge >= 0.3 is 11.9 Å². The van der Waals surface area contributed by atoms with Crippen molar-refractivity contribution in [2.24, 2.45) is 5.92 Å². The normalized spacial score (nSPS) is 12.4. The Labute approximate surface area is 128 Å². The molecule has 0 aliphatic carbocycles. The van der Waals surface area contributed by atoms with Crippen LogP contribution < -0.4 is 0 Å².